The molecule has 4 amide bonds. The summed E-state index contributed by atoms with van der Waals surface area (Å²) in [5.74, 6) is 0.799. The molecule has 7 rings (SSSR count). The molecule has 16 heteroatoms. The summed E-state index contributed by atoms with van der Waals surface area (Å²) in [6, 6.07) is 17.4. The number of carbonyl (C=O) groups is 4. The lowest BCUT2D eigenvalue weighted by atomic mass is 9.49. The van der Waals surface area contributed by atoms with Crippen molar-refractivity contribution in [2.75, 3.05) is 50.8 Å². The van der Waals surface area contributed by atoms with Gasteiger partial charge in [0.15, 0.2) is 0 Å². The molecule has 0 radical (unpaired) electrons. The standard InChI is InChI=1S/C52H70ClN9O6/c1-33-27-41(46(65)56-30-34-13-15-36(16-14-34)35-11-9-10-12-35)62(59-33)47(66)44(50(2,3)4)57-43(63)32-67-26-25-60-21-23-61(24-22-60)42-20-18-38(31-55-42)45(64)58-48-51(5,6)49(52(48,7)8)68-39-19-17-37(29-54)40(53)28-39/h13-20,28,31,33,35,41,44,48-49,59H,9-12,21-27,30,32H2,1-8H3,(H,56,65)(H,57,63)(H,58,64)/t33-,41+,44-,48?,49?/m1/s1. The average Bonchev–Trinajstić information content (AvgIpc) is 4.00. The number of carbonyl (C=O) groups excluding carboxylic acids is 4. The molecule has 3 aromatic rings. The minimum absolute atomic E-state index is 0.101. The van der Waals surface area contributed by atoms with Gasteiger partial charge in [0.05, 0.1) is 22.8 Å². The Morgan fingerprint density at radius 1 is 0.971 bits per heavy atom. The van der Waals surface area contributed by atoms with E-state index >= 15 is 0 Å². The number of ether oxygens (including phenoxy) is 2. The third kappa shape index (κ3) is 11.6. The number of nitrogens with zero attached hydrogens (tertiary/aromatic N) is 5. The van der Waals surface area contributed by atoms with E-state index in [-0.39, 0.29) is 42.5 Å². The van der Waals surface area contributed by atoms with Gasteiger partial charge in [0.25, 0.3) is 11.8 Å². The second-order valence-corrected chi connectivity index (χ2v) is 21.8. The largest absolute Gasteiger partial charge is 0.489 e. The number of piperazine rings is 1. The highest BCUT2D eigenvalue weighted by Gasteiger charge is 2.64. The van der Waals surface area contributed by atoms with E-state index in [1.165, 1.54) is 36.3 Å². The Hall–Kier alpha value is -5.27. The predicted octanol–water partition coefficient (Wildman–Crippen LogP) is 6.36. The lowest BCUT2D eigenvalue weighted by molar-refractivity contribution is -0.164. The first-order valence-corrected chi connectivity index (χ1v) is 24.6. The van der Waals surface area contributed by atoms with Gasteiger partial charge in [-0.25, -0.2) is 10.4 Å². The van der Waals surface area contributed by atoms with Crippen molar-refractivity contribution in [1.82, 2.24) is 36.3 Å². The lowest BCUT2D eigenvalue weighted by Gasteiger charge is -2.63. The van der Waals surface area contributed by atoms with Crippen LogP contribution >= 0.6 is 11.6 Å². The summed E-state index contributed by atoms with van der Waals surface area (Å²) in [6.07, 6.45) is 6.90. The van der Waals surface area contributed by atoms with Crippen LogP contribution in [0.4, 0.5) is 5.82 Å². The Morgan fingerprint density at radius 2 is 1.66 bits per heavy atom. The molecule has 0 spiro atoms. The fourth-order valence-electron chi connectivity index (χ4n) is 10.8. The zero-order valence-electron chi connectivity index (χ0n) is 41.0. The molecule has 0 bridgehead atoms. The van der Waals surface area contributed by atoms with E-state index in [0.29, 0.717) is 53.9 Å². The Kier molecular flexibility index (Phi) is 15.7. The second kappa shape index (κ2) is 21.2. The Balaban J connectivity index is 0.819. The van der Waals surface area contributed by atoms with Crippen LogP contribution < -0.4 is 31.0 Å². The summed E-state index contributed by atoms with van der Waals surface area (Å²) in [5, 5.41) is 20.2. The van der Waals surface area contributed by atoms with Gasteiger partial charge in [0.1, 0.15) is 42.4 Å². The Labute approximate surface area is 407 Å². The van der Waals surface area contributed by atoms with Gasteiger partial charge in [-0.1, -0.05) is 97.2 Å². The molecule has 2 saturated carbocycles. The van der Waals surface area contributed by atoms with Crippen molar-refractivity contribution in [3.8, 4) is 11.8 Å². The summed E-state index contributed by atoms with van der Waals surface area (Å²) >= 11 is 6.26. The van der Waals surface area contributed by atoms with Crippen molar-refractivity contribution in [1.29, 1.82) is 5.26 Å². The minimum Gasteiger partial charge on any atom is -0.489 e. The molecule has 4 fully saturated rings. The normalized spacial score (nSPS) is 23.0. The SMILES string of the molecule is C[C@@H]1C[C@@H](C(=O)NCc2ccc(C3CCCC3)cc2)N(C(=O)[C@@H](NC(=O)COCCN2CCN(c3ccc(C(=O)NC4C(C)(C)C(Oc5ccc(C#N)c(Cl)c5)C4(C)C)cn3)CC2)C(C)(C)C)N1. The molecule has 2 aliphatic carbocycles. The van der Waals surface area contributed by atoms with E-state index in [4.69, 9.17) is 21.1 Å². The number of hydrogen-bond acceptors (Lipinski definition) is 11. The van der Waals surface area contributed by atoms with Crippen molar-refractivity contribution in [2.45, 2.75) is 130 Å². The topological polar surface area (TPSA) is 181 Å². The second-order valence-electron chi connectivity index (χ2n) is 21.4. The molecule has 3 heterocycles. The zero-order valence-corrected chi connectivity index (χ0v) is 41.7. The average molecular weight is 953 g/mol. The van der Waals surface area contributed by atoms with Crippen molar-refractivity contribution >= 4 is 41.0 Å². The number of nitrogens with one attached hydrogen (secondary N) is 4. The van der Waals surface area contributed by atoms with Crippen molar-refractivity contribution in [3.63, 3.8) is 0 Å². The number of aromatic nitrogens is 1. The number of rotatable bonds is 16. The van der Waals surface area contributed by atoms with Gasteiger partial charge in [-0.2, -0.15) is 5.26 Å². The summed E-state index contributed by atoms with van der Waals surface area (Å²) < 4.78 is 12.2. The van der Waals surface area contributed by atoms with Gasteiger partial charge in [-0.15, -0.1) is 0 Å². The Morgan fingerprint density at radius 3 is 2.28 bits per heavy atom. The smallest absolute Gasteiger partial charge is 0.260 e. The van der Waals surface area contributed by atoms with Crippen LogP contribution in [0.2, 0.25) is 5.02 Å². The minimum atomic E-state index is -0.891. The highest BCUT2D eigenvalue weighted by molar-refractivity contribution is 6.31. The number of hydrogen-bond donors (Lipinski definition) is 4. The number of nitriles is 1. The first kappa shape index (κ1) is 50.6. The molecule has 68 heavy (non-hydrogen) atoms. The van der Waals surface area contributed by atoms with E-state index in [1.54, 1.807) is 30.5 Å². The van der Waals surface area contributed by atoms with E-state index in [9.17, 15) is 24.4 Å². The first-order chi connectivity index (χ1) is 32.3. The summed E-state index contributed by atoms with van der Waals surface area (Å²) in [5.41, 5.74) is 4.99. The van der Waals surface area contributed by atoms with Gasteiger partial charge in [-0.3, -0.25) is 29.1 Å². The van der Waals surface area contributed by atoms with Gasteiger partial charge in [-0.05, 0) is 72.9 Å². The predicted molar refractivity (Wildman–Crippen MR) is 262 cm³/mol. The number of benzene rings is 2. The lowest BCUT2D eigenvalue weighted by Crippen LogP contribution is -2.74. The summed E-state index contributed by atoms with van der Waals surface area (Å²) in [6.45, 7) is 20.0. The molecule has 2 aromatic carbocycles. The van der Waals surface area contributed by atoms with E-state index < -0.39 is 34.2 Å². The monoisotopic (exact) mass is 952 g/mol. The van der Waals surface area contributed by atoms with Crippen molar-refractivity contribution in [3.05, 3.63) is 88.1 Å². The molecule has 15 nitrogen and oxygen atoms in total. The zero-order chi connectivity index (χ0) is 49.0. The van der Waals surface area contributed by atoms with Crippen LogP contribution in [0.15, 0.2) is 60.8 Å². The van der Waals surface area contributed by atoms with Crippen LogP contribution in [0.25, 0.3) is 0 Å². The van der Waals surface area contributed by atoms with Crippen LogP contribution in [0.1, 0.15) is 120 Å². The van der Waals surface area contributed by atoms with E-state index in [2.05, 4.69) is 94.2 Å². The maximum Gasteiger partial charge on any atom is 0.260 e. The molecule has 366 valence electrons. The van der Waals surface area contributed by atoms with Crippen LogP contribution in [0.5, 0.6) is 5.75 Å². The van der Waals surface area contributed by atoms with Crippen LogP contribution in [0, 0.1) is 27.6 Å². The highest BCUT2D eigenvalue weighted by atomic mass is 35.5. The maximum atomic E-state index is 14.1. The van der Waals surface area contributed by atoms with Crippen molar-refractivity contribution < 1.29 is 28.7 Å². The van der Waals surface area contributed by atoms with E-state index in [1.807, 2.05) is 33.8 Å². The van der Waals surface area contributed by atoms with Crippen LogP contribution in [-0.4, -0.2) is 115 Å². The van der Waals surface area contributed by atoms with Crippen molar-refractivity contribution in [2.24, 2.45) is 16.2 Å². The molecule has 0 unspecified atom stereocenters. The van der Waals surface area contributed by atoms with E-state index in [0.717, 1.165) is 37.6 Å². The summed E-state index contributed by atoms with van der Waals surface area (Å²) in [7, 11) is 0. The first-order valence-electron chi connectivity index (χ1n) is 24.2. The number of amides is 4. The Bertz CT molecular complexity index is 2300. The molecule has 2 saturated heterocycles. The van der Waals surface area contributed by atoms with Gasteiger partial charge >= 0.3 is 0 Å². The fraction of sp³-hybridized carbons (Fsp3) is 0.577. The maximum absolute atomic E-state index is 14.1. The number of hydrazine groups is 1. The van der Waals surface area contributed by atoms with Gasteiger partial charge in [0.2, 0.25) is 11.8 Å². The number of halogens is 1. The molecule has 2 aliphatic heterocycles. The molecule has 3 atom stereocenters. The van der Waals surface area contributed by atoms with Crippen LogP contribution in [-0.2, 0) is 25.7 Å². The third-order valence-electron chi connectivity index (χ3n) is 14.4. The van der Waals surface area contributed by atoms with Gasteiger partial charge < -0.3 is 30.3 Å². The molecule has 4 aliphatic rings. The fourth-order valence-corrected chi connectivity index (χ4v) is 11.0. The summed E-state index contributed by atoms with van der Waals surface area (Å²) in [4.78, 5) is 63.5. The quantitative estimate of drug-likeness (QED) is 0.118. The third-order valence-corrected chi connectivity index (χ3v) is 14.7. The molecular weight excluding hydrogens is 882 g/mol. The van der Waals surface area contributed by atoms with Gasteiger partial charge in [0, 0.05) is 74.4 Å². The highest BCUT2D eigenvalue weighted by Crippen LogP contribution is 2.55. The van der Waals surface area contributed by atoms with Crippen LogP contribution in [0.3, 0.4) is 0 Å². The number of pyridine rings is 1. The number of anilines is 1. The molecular formula is C52H70ClN9O6. The molecule has 1 aromatic heterocycles. The molecule has 4 N–H and O–H groups in total.